The number of rotatable bonds is 1. The summed E-state index contributed by atoms with van der Waals surface area (Å²) in [4.78, 5) is 25.3. The lowest BCUT2D eigenvalue weighted by atomic mass is 10.1. The van der Waals surface area contributed by atoms with Crippen LogP contribution in [0.1, 0.15) is 0 Å². The second-order valence-electron chi connectivity index (χ2n) is 2.52. The molecule has 0 spiro atoms. The molecule has 0 saturated carbocycles. The number of nitrogens with zero attached hydrogens (tertiary/aromatic N) is 1. The molecule has 4 nitrogen and oxygen atoms in total. The highest BCUT2D eigenvalue weighted by Crippen LogP contribution is 2.14. The molecular weight excluding hydrogens is 156 g/mol. The summed E-state index contributed by atoms with van der Waals surface area (Å²) in [5.74, 6) is -0.437. The van der Waals surface area contributed by atoms with E-state index in [1.54, 1.807) is 6.08 Å². The van der Waals surface area contributed by atoms with Crippen molar-refractivity contribution in [3.8, 4) is 0 Å². The standard InChI is InChI=1S/C8H6N2O2/c11-7-3-5(4-10-7)6-1-2-9-8(6)12/h1,3-4H,2H2,(H,9,12). The monoisotopic (exact) mass is 162 g/mol. The molecule has 0 aromatic rings. The molecule has 0 unspecified atom stereocenters. The van der Waals surface area contributed by atoms with Crippen LogP contribution in [0, 0.1) is 0 Å². The summed E-state index contributed by atoms with van der Waals surface area (Å²) < 4.78 is 0. The predicted octanol–water partition coefficient (Wildman–Crippen LogP) is -0.420. The molecule has 0 aliphatic carbocycles. The Kier molecular flexibility index (Phi) is 1.40. The highest BCUT2D eigenvalue weighted by molar-refractivity contribution is 6.16. The van der Waals surface area contributed by atoms with E-state index in [0.717, 1.165) is 0 Å². The molecule has 60 valence electrons. The molecule has 2 amide bonds. The SMILES string of the molecule is O=C1C=C(C2=CCNC2=O)C=N1. The van der Waals surface area contributed by atoms with Crippen molar-refractivity contribution in [1.29, 1.82) is 0 Å². The van der Waals surface area contributed by atoms with E-state index in [2.05, 4.69) is 10.3 Å². The molecule has 4 heteroatoms. The Morgan fingerprint density at radius 2 is 2.25 bits per heavy atom. The van der Waals surface area contributed by atoms with Gasteiger partial charge in [-0.15, -0.1) is 0 Å². The Bertz CT molecular complexity index is 350. The van der Waals surface area contributed by atoms with Crippen molar-refractivity contribution in [2.75, 3.05) is 6.54 Å². The van der Waals surface area contributed by atoms with Crippen molar-refractivity contribution in [2.45, 2.75) is 0 Å². The van der Waals surface area contributed by atoms with Crippen LogP contribution < -0.4 is 5.32 Å². The number of carbonyl (C=O) groups is 2. The lowest BCUT2D eigenvalue weighted by Crippen LogP contribution is -2.18. The van der Waals surface area contributed by atoms with Gasteiger partial charge in [0.2, 0.25) is 0 Å². The minimum Gasteiger partial charge on any atom is -0.349 e. The zero-order valence-electron chi connectivity index (χ0n) is 6.20. The molecule has 12 heavy (non-hydrogen) atoms. The average Bonchev–Trinajstić information content (AvgIpc) is 2.58. The fraction of sp³-hybridized carbons (Fsp3) is 0.125. The Hall–Kier alpha value is -1.71. The molecule has 0 radical (unpaired) electrons. The van der Waals surface area contributed by atoms with E-state index in [-0.39, 0.29) is 11.8 Å². The first-order valence-corrected chi connectivity index (χ1v) is 3.56. The van der Waals surface area contributed by atoms with Crippen LogP contribution in [0.3, 0.4) is 0 Å². The zero-order chi connectivity index (χ0) is 8.55. The quantitative estimate of drug-likeness (QED) is 0.569. The number of nitrogens with one attached hydrogen (secondary N) is 1. The zero-order valence-corrected chi connectivity index (χ0v) is 6.20. The summed E-state index contributed by atoms with van der Waals surface area (Å²) in [6.45, 7) is 0.535. The molecule has 2 aliphatic rings. The summed E-state index contributed by atoms with van der Waals surface area (Å²) >= 11 is 0. The van der Waals surface area contributed by atoms with E-state index in [1.807, 2.05) is 0 Å². The Balaban J connectivity index is 2.32. The molecule has 0 atom stereocenters. The summed E-state index contributed by atoms with van der Waals surface area (Å²) in [6.07, 6.45) is 4.52. The third kappa shape index (κ3) is 0.972. The second kappa shape index (κ2) is 2.41. The minimum absolute atomic E-state index is 0.137. The lowest BCUT2D eigenvalue weighted by molar-refractivity contribution is -0.116. The van der Waals surface area contributed by atoms with Gasteiger partial charge in [-0.3, -0.25) is 9.59 Å². The molecule has 0 aromatic heterocycles. The van der Waals surface area contributed by atoms with Crippen LogP contribution in [-0.2, 0) is 9.59 Å². The molecule has 0 aromatic carbocycles. The van der Waals surface area contributed by atoms with E-state index >= 15 is 0 Å². The Labute approximate surface area is 68.7 Å². The van der Waals surface area contributed by atoms with Crippen molar-refractivity contribution in [2.24, 2.45) is 4.99 Å². The molecule has 2 aliphatic heterocycles. The van der Waals surface area contributed by atoms with Gasteiger partial charge in [0.05, 0.1) is 0 Å². The highest BCUT2D eigenvalue weighted by Gasteiger charge is 2.20. The van der Waals surface area contributed by atoms with Crippen molar-refractivity contribution in [1.82, 2.24) is 5.32 Å². The summed E-state index contributed by atoms with van der Waals surface area (Å²) in [5.41, 5.74) is 1.15. The van der Waals surface area contributed by atoms with Gasteiger partial charge in [0.25, 0.3) is 11.8 Å². The van der Waals surface area contributed by atoms with E-state index < -0.39 is 0 Å². The first kappa shape index (κ1) is 6.97. The third-order valence-corrected chi connectivity index (χ3v) is 1.73. The normalized spacial score (nSPS) is 21.0. The summed E-state index contributed by atoms with van der Waals surface area (Å²) in [7, 11) is 0. The van der Waals surface area contributed by atoms with Crippen LogP contribution in [0.2, 0.25) is 0 Å². The number of hydrogen-bond acceptors (Lipinski definition) is 2. The predicted molar refractivity (Wildman–Crippen MR) is 42.7 cm³/mol. The van der Waals surface area contributed by atoms with Crippen LogP contribution >= 0.6 is 0 Å². The second-order valence-corrected chi connectivity index (χ2v) is 2.52. The third-order valence-electron chi connectivity index (χ3n) is 1.73. The van der Waals surface area contributed by atoms with Gasteiger partial charge in [-0.05, 0) is 0 Å². The molecule has 2 rings (SSSR count). The largest absolute Gasteiger partial charge is 0.349 e. The smallest absolute Gasteiger partial charge is 0.270 e. The van der Waals surface area contributed by atoms with Crippen LogP contribution in [0.15, 0.2) is 28.3 Å². The van der Waals surface area contributed by atoms with Crippen LogP contribution in [-0.4, -0.2) is 24.6 Å². The fourth-order valence-corrected chi connectivity index (χ4v) is 1.17. The van der Waals surface area contributed by atoms with Gasteiger partial charge in [0.1, 0.15) is 0 Å². The lowest BCUT2D eigenvalue weighted by Gasteiger charge is -1.94. The van der Waals surface area contributed by atoms with E-state index in [9.17, 15) is 9.59 Å². The van der Waals surface area contributed by atoms with Crippen molar-refractivity contribution < 1.29 is 9.59 Å². The maximum Gasteiger partial charge on any atom is 0.270 e. The van der Waals surface area contributed by atoms with Gasteiger partial charge in [0, 0.05) is 30.0 Å². The van der Waals surface area contributed by atoms with Gasteiger partial charge in [-0.1, -0.05) is 6.08 Å². The van der Waals surface area contributed by atoms with Gasteiger partial charge in [-0.25, -0.2) is 4.99 Å². The molecular formula is C8H6N2O2. The summed E-state index contributed by atoms with van der Waals surface area (Å²) in [5, 5.41) is 2.62. The molecule has 0 fully saturated rings. The van der Waals surface area contributed by atoms with Gasteiger partial charge < -0.3 is 5.32 Å². The molecule has 0 saturated heterocycles. The minimum atomic E-state index is -0.300. The van der Waals surface area contributed by atoms with Crippen molar-refractivity contribution in [3.63, 3.8) is 0 Å². The van der Waals surface area contributed by atoms with E-state index in [1.165, 1.54) is 12.3 Å². The van der Waals surface area contributed by atoms with Gasteiger partial charge in [-0.2, -0.15) is 0 Å². The van der Waals surface area contributed by atoms with Gasteiger partial charge >= 0.3 is 0 Å². The first-order chi connectivity index (χ1) is 5.77. The summed E-state index contributed by atoms with van der Waals surface area (Å²) in [6, 6.07) is 0. The van der Waals surface area contributed by atoms with Crippen molar-refractivity contribution >= 4 is 18.0 Å². The maximum absolute atomic E-state index is 11.1. The average molecular weight is 162 g/mol. The number of hydrogen-bond donors (Lipinski definition) is 1. The van der Waals surface area contributed by atoms with E-state index in [4.69, 9.17) is 0 Å². The van der Waals surface area contributed by atoms with E-state index in [0.29, 0.717) is 17.7 Å². The molecule has 1 N–H and O–H groups in total. The molecule has 0 bridgehead atoms. The number of amides is 2. The number of carbonyl (C=O) groups excluding carboxylic acids is 2. The fourth-order valence-electron chi connectivity index (χ4n) is 1.17. The van der Waals surface area contributed by atoms with Gasteiger partial charge in [0.15, 0.2) is 0 Å². The first-order valence-electron chi connectivity index (χ1n) is 3.56. The highest BCUT2D eigenvalue weighted by atomic mass is 16.2. The maximum atomic E-state index is 11.1. The van der Waals surface area contributed by atoms with Crippen LogP contribution in [0.5, 0.6) is 0 Å². The Morgan fingerprint density at radius 3 is 2.75 bits per heavy atom. The van der Waals surface area contributed by atoms with Crippen molar-refractivity contribution in [3.05, 3.63) is 23.3 Å². The number of aliphatic imine (C=N–C) groups is 1. The van der Waals surface area contributed by atoms with Crippen LogP contribution in [0.25, 0.3) is 0 Å². The van der Waals surface area contributed by atoms with Crippen LogP contribution in [0.4, 0.5) is 0 Å². The molecule has 2 heterocycles. The topological polar surface area (TPSA) is 58.5 Å². The Morgan fingerprint density at radius 1 is 1.42 bits per heavy atom.